The largest absolute Gasteiger partial charge is 0.491 e. The number of fused-ring (bicyclic) bond motifs is 2. The second kappa shape index (κ2) is 9.94. The van der Waals surface area contributed by atoms with E-state index in [4.69, 9.17) is 4.74 Å². The van der Waals surface area contributed by atoms with Gasteiger partial charge in [0.15, 0.2) is 0 Å². The normalized spacial score (nSPS) is 22.9. The minimum atomic E-state index is 0. The summed E-state index contributed by atoms with van der Waals surface area (Å²) in [6, 6.07) is 19.5. The summed E-state index contributed by atoms with van der Waals surface area (Å²) in [7, 11) is 0. The van der Waals surface area contributed by atoms with E-state index in [0.717, 1.165) is 29.7 Å². The van der Waals surface area contributed by atoms with E-state index in [9.17, 15) is 4.79 Å². The lowest BCUT2D eigenvalue weighted by Crippen LogP contribution is -2.40. The van der Waals surface area contributed by atoms with Crippen LogP contribution in [0, 0.1) is 5.92 Å². The minimum absolute atomic E-state index is 0. The lowest BCUT2D eigenvalue weighted by Gasteiger charge is -2.28. The Kier molecular flexibility index (Phi) is 7.35. The smallest absolute Gasteiger partial charge is 0.220 e. The van der Waals surface area contributed by atoms with Crippen LogP contribution >= 0.6 is 12.4 Å². The Labute approximate surface area is 173 Å². The molecule has 0 aromatic heterocycles. The van der Waals surface area contributed by atoms with Gasteiger partial charge >= 0.3 is 0 Å². The van der Waals surface area contributed by atoms with E-state index in [0.29, 0.717) is 37.6 Å². The summed E-state index contributed by atoms with van der Waals surface area (Å²) in [6.07, 6.45) is 5.49. The Bertz CT molecular complexity index is 756. The molecule has 2 unspecified atom stereocenters. The maximum atomic E-state index is 12.3. The third kappa shape index (κ3) is 5.27. The fraction of sp³-hybridized carbons (Fsp3) is 0.435. The first kappa shape index (κ1) is 20.7. The molecule has 2 aromatic rings. The number of carbonyl (C=O) groups is 1. The second-order valence-corrected chi connectivity index (χ2v) is 7.74. The summed E-state index contributed by atoms with van der Waals surface area (Å²) in [5.74, 6) is 1.54. The number of benzene rings is 2. The van der Waals surface area contributed by atoms with Crippen LogP contribution < -0.4 is 15.4 Å². The first-order valence-corrected chi connectivity index (χ1v) is 10.1. The molecule has 28 heavy (non-hydrogen) atoms. The summed E-state index contributed by atoms with van der Waals surface area (Å²) in [4.78, 5) is 12.3. The topological polar surface area (TPSA) is 50.4 Å². The van der Waals surface area contributed by atoms with E-state index in [1.54, 1.807) is 0 Å². The van der Waals surface area contributed by atoms with Crippen LogP contribution in [0.1, 0.15) is 32.1 Å². The molecule has 0 radical (unpaired) electrons. The Morgan fingerprint density at radius 2 is 1.68 bits per heavy atom. The number of carbonyl (C=O) groups excluding carboxylic acids is 1. The van der Waals surface area contributed by atoms with Gasteiger partial charge in [-0.25, -0.2) is 0 Å². The van der Waals surface area contributed by atoms with E-state index in [-0.39, 0.29) is 18.3 Å². The Morgan fingerprint density at radius 3 is 2.43 bits per heavy atom. The number of para-hydroxylation sites is 1. The molecule has 2 saturated heterocycles. The van der Waals surface area contributed by atoms with Gasteiger partial charge in [0.1, 0.15) is 12.4 Å². The fourth-order valence-corrected chi connectivity index (χ4v) is 4.48. The predicted octanol–water partition coefficient (Wildman–Crippen LogP) is 4.19. The average Bonchev–Trinajstić information content (AvgIpc) is 3.04. The minimum Gasteiger partial charge on any atom is -0.491 e. The second-order valence-electron chi connectivity index (χ2n) is 7.74. The number of halogens is 1. The van der Waals surface area contributed by atoms with Gasteiger partial charge in [0.25, 0.3) is 0 Å². The fourth-order valence-electron chi connectivity index (χ4n) is 4.48. The number of piperidine rings is 1. The van der Waals surface area contributed by atoms with Crippen molar-refractivity contribution < 1.29 is 9.53 Å². The summed E-state index contributed by atoms with van der Waals surface area (Å²) >= 11 is 0. The quantitative estimate of drug-likeness (QED) is 0.685. The number of hydrogen-bond donors (Lipinski definition) is 2. The molecule has 2 atom stereocenters. The van der Waals surface area contributed by atoms with Crippen LogP contribution in [0.25, 0.3) is 11.1 Å². The van der Waals surface area contributed by atoms with Crippen LogP contribution in [0.3, 0.4) is 0 Å². The molecule has 0 saturated carbocycles. The van der Waals surface area contributed by atoms with Gasteiger partial charge in [-0.3, -0.25) is 4.79 Å². The molecular weight excluding hydrogens is 372 g/mol. The van der Waals surface area contributed by atoms with Crippen molar-refractivity contribution in [3.8, 4) is 16.9 Å². The molecular formula is C23H29ClN2O2. The SMILES string of the molecule is Cl.O=C(CC1CC2CCC(C1)N2)NCCOc1ccccc1-c1ccccc1. The first-order valence-electron chi connectivity index (χ1n) is 10.1. The van der Waals surface area contributed by atoms with Crippen molar-refractivity contribution in [1.82, 2.24) is 10.6 Å². The molecule has 1 amide bonds. The van der Waals surface area contributed by atoms with Gasteiger partial charge in [-0.1, -0.05) is 48.5 Å². The van der Waals surface area contributed by atoms with E-state index >= 15 is 0 Å². The molecule has 150 valence electrons. The molecule has 2 aliphatic heterocycles. The van der Waals surface area contributed by atoms with E-state index < -0.39 is 0 Å². The standard InChI is InChI=1S/C23H28N2O2.ClH/c26-23(16-17-14-19-10-11-20(15-17)25-19)24-12-13-27-22-9-5-4-8-21(22)18-6-2-1-3-7-18;/h1-9,17,19-20,25H,10-16H2,(H,24,26);1H. The van der Waals surface area contributed by atoms with Crippen LogP contribution in [-0.2, 0) is 4.79 Å². The molecule has 2 heterocycles. The highest BCUT2D eigenvalue weighted by atomic mass is 35.5. The van der Waals surface area contributed by atoms with Gasteiger partial charge in [0.05, 0.1) is 6.54 Å². The molecule has 5 heteroatoms. The van der Waals surface area contributed by atoms with Gasteiger partial charge in [-0.2, -0.15) is 0 Å². The van der Waals surface area contributed by atoms with Crippen LogP contribution in [0.2, 0.25) is 0 Å². The van der Waals surface area contributed by atoms with Crippen LogP contribution in [0.4, 0.5) is 0 Å². The lowest BCUT2D eigenvalue weighted by molar-refractivity contribution is -0.122. The Morgan fingerprint density at radius 1 is 1.00 bits per heavy atom. The zero-order chi connectivity index (χ0) is 18.5. The summed E-state index contributed by atoms with van der Waals surface area (Å²) < 4.78 is 5.95. The van der Waals surface area contributed by atoms with Gasteiger partial charge in [-0.15, -0.1) is 12.4 Å². The van der Waals surface area contributed by atoms with Crippen molar-refractivity contribution in [3.63, 3.8) is 0 Å². The van der Waals surface area contributed by atoms with Crippen LogP contribution in [0.15, 0.2) is 54.6 Å². The average molecular weight is 401 g/mol. The summed E-state index contributed by atoms with van der Waals surface area (Å²) in [5, 5.41) is 6.66. The molecule has 0 aliphatic carbocycles. The van der Waals surface area contributed by atoms with Crippen molar-refractivity contribution >= 4 is 18.3 Å². The highest BCUT2D eigenvalue weighted by molar-refractivity contribution is 5.85. The number of rotatable bonds is 7. The first-order chi connectivity index (χ1) is 13.3. The number of nitrogens with one attached hydrogen (secondary N) is 2. The van der Waals surface area contributed by atoms with Crippen molar-refractivity contribution in [2.24, 2.45) is 5.92 Å². The molecule has 2 aliphatic rings. The number of amides is 1. The molecule has 0 spiro atoms. The van der Waals surface area contributed by atoms with Crippen molar-refractivity contribution in [2.45, 2.75) is 44.2 Å². The number of ether oxygens (including phenoxy) is 1. The molecule has 2 aromatic carbocycles. The van der Waals surface area contributed by atoms with Crippen molar-refractivity contribution in [2.75, 3.05) is 13.2 Å². The Hall–Kier alpha value is -2.04. The summed E-state index contributed by atoms with van der Waals surface area (Å²) in [6.45, 7) is 1.02. The molecule has 2 bridgehead atoms. The molecule has 2 fully saturated rings. The molecule has 2 N–H and O–H groups in total. The third-order valence-corrected chi connectivity index (χ3v) is 5.70. The Balaban J connectivity index is 0.00000225. The maximum Gasteiger partial charge on any atom is 0.220 e. The highest BCUT2D eigenvalue weighted by Gasteiger charge is 2.34. The monoisotopic (exact) mass is 400 g/mol. The van der Waals surface area contributed by atoms with Crippen LogP contribution in [0.5, 0.6) is 5.75 Å². The number of hydrogen-bond acceptors (Lipinski definition) is 3. The predicted molar refractivity (Wildman–Crippen MR) is 115 cm³/mol. The van der Waals surface area contributed by atoms with Crippen LogP contribution in [-0.4, -0.2) is 31.1 Å². The lowest BCUT2D eigenvalue weighted by atomic mass is 9.89. The van der Waals surface area contributed by atoms with E-state index in [1.165, 1.54) is 12.8 Å². The molecule has 4 nitrogen and oxygen atoms in total. The van der Waals surface area contributed by atoms with Crippen molar-refractivity contribution in [1.29, 1.82) is 0 Å². The van der Waals surface area contributed by atoms with Gasteiger partial charge in [-0.05, 0) is 43.2 Å². The summed E-state index contributed by atoms with van der Waals surface area (Å²) in [5.41, 5.74) is 2.22. The molecule has 4 rings (SSSR count). The zero-order valence-electron chi connectivity index (χ0n) is 16.1. The van der Waals surface area contributed by atoms with Crippen molar-refractivity contribution in [3.05, 3.63) is 54.6 Å². The van der Waals surface area contributed by atoms with Gasteiger partial charge in [0.2, 0.25) is 5.91 Å². The third-order valence-electron chi connectivity index (χ3n) is 5.70. The zero-order valence-corrected chi connectivity index (χ0v) is 16.9. The highest BCUT2D eigenvalue weighted by Crippen LogP contribution is 2.32. The van der Waals surface area contributed by atoms with E-state index in [2.05, 4.69) is 28.8 Å². The van der Waals surface area contributed by atoms with Gasteiger partial charge < -0.3 is 15.4 Å². The maximum absolute atomic E-state index is 12.3. The van der Waals surface area contributed by atoms with Gasteiger partial charge in [0, 0.05) is 24.1 Å². The van der Waals surface area contributed by atoms with E-state index in [1.807, 2.05) is 36.4 Å².